The Kier molecular flexibility index (Phi) is 6.04. The van der Waals surface area contributed by atoms with E-state index in [2.05, 4.69) is 5.10 Å². The van der Waals surface area contributed by atoms with Crippen molar-refractivity contribution in [3.05, 3.63) is 80.4 Å². The van der Waals surface area contributed by atoms with Crippen molar-refractivity contribution in [2.45, 2.75) is 26.7 Å². The minimum atomic E-state index is -0.477. The minimum Gasteiger partial charge on any atom is -0.294 e. The zero-order chi connectivity index (χ0) is 23.0. The fourth-order valence-electron chi connectivity index (χ4n) is 3.80. The Morgan fingerprint density at radius 3 is 2.31 bits per heavy atom. The molecule has 0 saturated carbocycles. The van der Waals surface area contributed by atoms with Gasteiger partial charge < -0.3 is 0 Å². The van der Waals surface area contributed by atoms with Crippen molar-refractivity contribution in [1.82, 2.24) is 14.7 Å². The smallest absolute Gasteiger partial charge is 0.294 e. The Bertz CT molecular complexity index is 1310. The van der Waals surface area contributed by atoms with Crippen LogP contribution in [-0.2, 0) is 16.0 Å². The number of hydrogen-bond acceptors (Lipinski definition) is 3. The molecule has 0 unspecified atom stereocenters. The zero-order valence-electron chi connectivity index (χ0n) is 17.6. The number of aromatic amines is 1. The quantitative estimate of drug-likeness (QED) is 0.441. The lowest BCUT2D eigenvalue weighted by atomic mass is 10.0. The third-order valence-electron chi connectivity index (χ3n) is 5.29. The molecule has 1 aliphatic rings. The normalized spacial score (nSPS) is 14.1. The summed E-state index contributed by atoms with van der Waals surface area (Å²) in [5.74, 6) is -0.901. The zero-order valence-corrected chi connectivity index (χ0v) is 19.1. The number of rotatable bonds is 6. The van der Waals surface area contributed by atoms with Crippen LogP contribution in [0.2, 0.25) is 10.0 Å². The van der Waals surface area contributed by atoms with Crippen LogP contribution in [0.5, 0.6) is 0 Å². The highest BCUT2D eigenvalue weighted by Crippen LogP contribution is 2.31. The van der Waals surface area contributed by atoms with Gasteiger partial charge in [-0.25, -0.2) is 4.68 Å². The molecule has 4 rings (SSSR count). The highest BCUT2D eigenvalue weighted by molar-refractivity contribution is 6.44. The van der Waals surface area contributed by atoms with Crippen LogP contribution in [0.3, 0.4) is 0 Å². The van der Waals surface area contributed by atoms with E-state index < -0.39 is 17.4 Å². The monoisotopic (exact) mass is 471 g/mol. The van der Waals surface area contributed by atoms with E-state index in [1.165, 1.54) is 9.58 Å². The van der Waals surface area contributed by atoms with Crippen LogP contribution >= 0.6 is 23.2 Å². The van der Waals surface area contributed by atoms with Gasteiger partial charge in [-0.3, -0.25) is 24.4 Å². The summed E-state index contributed by atoms with van der Waals surface area (Å²) in [7, 11) is 0. The number of carbonyl (C=O) groups excluding carboxylic acids is 2. The Balaban J connectivity index is 1.99. The van der Waals surface area contributed by atoms with E-state index in [9.17, 15) is 14.4 Å². The van der Waals surface area contributed by atoms with Gasteiger partial charge in [0, 0.05) is 24.4 Å². The number of aromatic nitrogens is 3. The summed E-state index contributed by atoms with van der Waals surface area (Å²) in [5, 5.41) is 3.73. The molecule has 7 nitrogen and oxygen atoms in total. The number of nitrogens with one attached hydrogen (secondary N) is 1. The first-order valence-electron chi connectivity index (χ1n) is 10.3. The molecule has 32 heavy (non-hydrogen) atoms. The second kappa shape index (κ2) is 8.76. The number of benzene rings is 1. The maximum atomic E-state index is 13.6. The van der Waals surface area contributed by atoms with Crippen molar-refractivity contribution < 1.29 is 14.2 Å². The van der Waals surface area contributed by atoms with Crippen LogP contribution in [0.1, 0.15) is 31.5 Å². The summed E-state index contributed by atoms with van der Waals surface area (Å²) in [6.45, 7) is 4.03. The van der Waals surface area contributed by atoms with Crippen LogP contribution in [0.15, 0.2) is 53.6 Å². The number of nitrogens with zero attached hydrogens (tertiary/aromatic N) is 3. The van der Waals surface area contributed by atoms with Crippen LogP contribution in [0, 0.1) is 0 Å². The number of halogens is 2. The summed E-state index contributed by atoms with van der Waals surface area (Å²) in [4.78, 5) is 41.4. The highest BCUT2D eigenvalue weighted by Gasteiger charge is 2.46. The minimum absolute atomic E-state index is 0.0940. The fraction of sp³-hybridized carbons (Fsp3) is 0.217. The van der Waals surface area contributed by atoms with Gasteiger partial charge >= 0.3 is 5.91 Å². The fourth-order valence-corrected chi connectivity index (χ4v) is 4.10. The van der Waals surface area contributed by atoms with Crippen LogP contribution < -0.4 is 10.1 Å². The van der Waals surface area contributed by atoms with Gasteiger partial charge in [0.05, 0.1) is 21.3 Å². The van der Waals surface area contributed by atoms with Gasteiger partial charge in [0.2, 0.25) is 0 Å². The van der Waals surface area contributed by atoms with Crippen molar-refractivity contribution >= 4 is 46.3 Å². The van der Waals surface area contributed by atoms with Gasteiger partial charge in [-0.2, -0.15) is 4.57 Å². The van der Waals surface area contributed by atoms with Crippen LogP contribution in [0.25, 0.3) is 17.0 Å². The largest absolute Gasteiger partial charge is 0.326 e. The third-order valence-corrected chi connectivity index (χ3v) is 6.03. The molecule has 9 heteroatoms. The molecular weight excluding hydrogens is 451 g/mol. The molecule has 2 amide bonds. The third kappa shape index (κ3) is 3.57. The standard InChI is InChI=1S/C23H20Cl2N4O3/c1-3-10-28-21(30)19(20(23(28)32)27-11-6-5-7-12-27)18-17(4-2)26-29(22(18)31)14-8-9-15(24)16(25)13-14/h5-9,11-13H,3-4,10H2,1-2H3/p+1. The van der Waals surface area contributed by atoms with E-state index in [0.717, 1.165) is 0 Å². The average Bonchev–Trinajstić information content (AvgIpc) is 3.24. The number of imide groups is 1. The van der Waals surface area contributed by atoms with Crippen molar-refractivity contribution in [3.63, 3.8) is 0 Å². The Morgan fingerprint density at radius 1 is 0.969 bits per heavy atom. The van der Waals surface area contributed by atoms with E-state index in [1.807, 2.05) is 19.9 Å². The van der Waals surface area contributed by atoms with E-state index in [-0.39, 0.29) is 23.4 Å². The molecule has 3 aromatic rings. The van der Waals surface area contributed by atoms with Crippen molar-refractivity contribution in [1.29, 1.82) is 0 Å². The molecule has 0 aliphatic carbocycles. The number of pyridine rings is 1. The molecule has 2 aromatic heterocycles. The topological polar surface area (TPSA) is 79.1 Å². The lowest BCUT2D eigenvalue weighted by Gasteiger charge is -2.11. The molecule has 0 radical (unpaired) electrons. The molecule has 0 saturated heterocycles. The lowest BCUT2D eigenvalue weighted by molar-refractivity contribution is -0.576. The van der Waals surface area contributed by atoms with Crippen molar-refractivity contribution in [3.8, 4) is 5.69 Å². The maximum Gasteiger partial charge on any atom is 0.326 e. The van der Waals surface area contributed by atoms with Crippen LogP contribution in [-0.4, -0.2) is 33.0 Å². The van der Waals surface area contributed by atoms with Gasteiger partial charge in [-0.15, -0.1) is 0 Å². The summed E-state index contributed by atoms with van der Waals surface area (Å²) in [6.07, 6.45) is 4.43. The first-order valence-corrected chi connectivity index (χ1v) is 11.0. The van der Waals surface area contributed by atoms with Gasteiger partial charge in [-0.1, -0.05) is 43.1 Å². The second-order valence-electron chi connectivity index (χ2n) is 7.33. The van der Waals surface area contributed by atoms with Crippen LogP contribution in [0.4, 0.5) is 0 Å². The molecule has 1 N–H and O–H groups in total. The molecule has 0 bridgehead atoms. The average molecular weight is 472 g/mol. The molecule has 0 spiro atoms. The first-order chi connectivity index (χ1) is 15.4. The number of H-pyrrole nitrogens is 1. The molecule has 3 heterocycles. The summed E-state index contributed by atoms with van der Waals surface area (Å²) < 4.78 is 2.90. The maximum absolute atomic E-state index is 13.6. The molecule has 1 aromatic carbocycles. The summed E-state index contributed by atoms with van der Waals surface area (Å²) in [5.41, 5.74) is 1.02. The number of hydrogen-bond donors (Lipinski definition) is 1. The molecule has 1 aliphatic heterocycles. The summed E-state index contributed by atoms with van der Waals surface area (Å²) in [6, 6.07) is 10.1. The molecule has 164 valence electrons. The van der Waals surface area contributed by atoms with E-state index in [1.54, 1.807) is 47.3 Å². The van der Waals surface area contributed by atoms with Gasteiger partial charge in [-0.05, 0) is 31.0 Å². The van der Waals surface area contributed by atoms with E-state index in [0.29, 0.717) is 34.3 Å². The molecular formula is C23H21Cl2N4O3+. The summed E-state index contributed by atoms with van der Waals surface area (Å²) >= 11 is 12.2. The predicted molar refractivity (Wildman–Crippen MR) is 123 cm³/mol. The van der Waals surface area contributed by atoms with Gasteiger partial charge in [0.1, 0.15) is 5.57 Å². The van der Waals surface area contributed by atoms with Gasteiger partial charge in [0.25, 0.3) is 17.2 Å². The SMILES string of the molecule is CCCN1C(=O)C(c2c(CC)[nH]n(-c3ccc(Cl)c(Cl)c3)c2=O)=C([n+]2ccccc2)C1=O. The highest BCUT2D eigenvalue weighted by atomic mass is 35.5. The number of carbonyl (C=O) groups is 2. The van der Waals surface area contributed by atoms with Crippen molar-refractivity contribution in [2.75, 3.05) is 6.54 Å². The predicted octanol–water partition coefficient (Wildman–Crippen LogP) is 3.47. The number of aryl methyl sites for hydroxylation is 1. The van der Waals surface area contributed by atoms with Gasteiger partial charge in [0.15, 0.2) is 12.4 Å². The van der Waals surface area contributed by atoms with E-state index >= 15 is 0 Å². The Hall–Kier alpha value is -3.16. The number of amides is 2. The Labute approximate surface area is 194 Å². The molecule has 0 atom stereocenters. The molecule has 0 fully saturated rings. The van der Waals surface area contributed by atoms with E-state index in [4.69, 9.17) is 23.2 Å². The Morgan fingerprint density at radius 2 is 1.69 bits per heavy atom. The van der Waals surface area contributed by atoms with Crippen molar-refractivity contribution in [2.24, 2.45) is 0 Å². The lowest BCUT2D eigenvalue weighted by Crippen LogP contribution is -2.39. The first kappa shape index (κ1) is 22.0. The second-order valence-corrected chi connectivity index (χ2v) is 8.14.